The third kappa shape index (κ3) is 4.24. The van der Waals surface area contributed by atoms with Crippen LogP contribution in [0.2, 0.25) is 0 Å². The van der Waals surface area contributed by atoms with Gasteiger partial charge in [-0.25, -0.2) is 13.1 Å². The van der Waals surface area contributed by atoms with E-state index in [9.17, 15) is 8.42 Å². The summed E-state index contributed by atoms with van der Waals surface area (Å²) in [5, 5.41) is 0. The Balaban J connectivity index is 3.07. The maximum absolute atomic E-state index is 12.3. The maximum atomic E-state index is 12.3. The van der Waals surface area contributed by atoms with Crippen molar-refractivity contribution < 1.29 is 8.42 Å². The fourth-order valence-electron chi connectivity index (χ4n) is 1.27. The van der Waals surface area contributed by atoms with Crippen LogP contribution in [0.1, 0.15) is 19.4 Å². The van der Waals surface area contributed by atoms with E-state index in [2.05, 4.69) is 36.6 Å². The molecule has 0 aliphatic rings. The van der Waals surface area contributed by atoms with Gasteiger partial charge < -0.3 is 5.73 Å². The summed E-state index contributed by atoms with van der Waals surface area (Å²) in [6, 6.07) is 3.31. The van der Waals surface area contributed by atoms with E-state index in [-0.39, 0.29) is 16.4 Å². The molecule has 0 aliphatic heterocycles. The van der Waals surface area contributed by atoms with E-state index in [0.29, 0.717) is 4.47 Å². The smallest absolute Gasteiger partial charge is 0.241 e. The number of rotatable bonds is 5. The number of nitrogens with two attached hydrogens (primary N) is 1. The SMILES string of the molecule is Cc1cc(Br)c(S(=O)(=O)NCC(C)(C)C(N)=S)cc1Br. The van der Waals surface area contributed by atoms with Crippen LogP contribution in [0.5, 0.6) is 0 Å². The monoisotopic (exact) mass is 442 g/mol. The van der Waals surface area contributed by atoms with E-state index in [0.717, 1.165) is 10.0 Å². The Bertz CT molecular complexity index is 643. The minimum absolute atomic E-state index is 0.141. The Morgan fingerprint density at radius 2 is 1.90 bits per heavy atom. The molecule has 0 radical (unpaired) electrons. The number of halogens is 2. The summed E-state index contributed by atoms with van der Waals surface area (Å²) < 4.78 is 28.5. The van der Waals surface area contributed by atoms with Crippen LogP contribution >= 0.6 is 44.1 Å². The van der Waals surface area contributed by atoms with Crippen molar-refractivity contribution in [2.45, 2.75) is 25.7 Å². The highest BCUT2D eigenvalue weighted by atomic mass is 79.9. The number of hydrogen-bond donors (Lipinski definition) is 2. The maximum Gasteiger partial charge on any atom is 0.241 e. The van der Waals surface area contributed by atoms with Gasteiger partial charge >= 0.3 is 0 Å². The van der Waals surface area contributed by atoms with Gasteiger partial charge in [0.25, 0.3) is 0 Å². The van der Waals surface area contributed by atoms with E-state index in [1.807, 2.05) is 6.92 Å². The number of benzene rings is 1. The first-order chi connectivity index (χ1) is 8.97. The Morgan fingerprint density at radius 3 is 2.40 bits per heavy atom. The number of thiocarbonyl (C=S) groups is 1. The van der Waals surface area contributed by atoms with Crippen LogP contribution in [0.25, 0.3) is 0 Å². The van der Waals surface area contributed by atoms with Gasteiger partial charge in [0.1, 0.15) is 0 Å². The van der Waals surface area contributed by atoms with Gasteiger partial charge in [-0.2, -0.15) is 0 Å². The molecular weight excluding hydrogens is 428 g/mol. The predicted molar refractivity (Wildman–Crippen MR) is 92.3 cm³/mol. The molecule has 0 spiro atoms. The molecule has 0 bridgehead atoms. The van der Waals surface area contributed by atoms with Crippen molar-refractivity contribution >= 4 is 59.1 Å². The van der Waals surface area contributed by atoms with E-state index in [1.165, 1.54) is 0 Å². The topological polar surface area (TPSA) is 72.2 Å². The second-order valence-electron chi connectivity index (χ2n) is 5.10. The first-order valence-corrected chi connectivity index (χ1v) is 9.20. The Labute approximate surface area is 141 Å². The molecule has 1 rings (SSSR count). The van der Waals surface area contributed by atoms with Crippen molar-refractivity contribution in [1.29, 1.82) is 0 Å². The Hall–Kier alpha value is -0.0200. The van der Waals surface area contributed by atoms with Crippen LogP contribution in [-0.2, 0) is 10.0 Å². The van der Waals surface area contributed by atoms with Crippen molar-refractivity contribution in [3.63, 3.8) is 0 Å². The average Bonchev–Trinajstić information content (AvgIpc) is 2.31. The fraction of sp³-hybridized carbons (Fsp3) is 0.417. The van der Waals surface area contributed by atoms with E-state index in [1.54, 1.807) is 26.0 Å². The lowest BCUT2D eigenvalue weighted by Gasteiger charge is -2.23. The van der Waals surface area contributed by atoms with Crippen molar-refractivity contribution in [3.8, 4) is 0 Å². The first kappa shape index (κ1) is 18.0. The van der Waals surface area contributed by atoms with Crippen molar-refractivity contribution in [1.82, 2.24) is 4.72 Å². The zero-order chi connectivity index (χ0) is 15.7. The lowest BCUT2D eigenvalue weighted by atomic mass is 9.94. The standard InChI is InChI=1S/C12H16Br2N2O2S2/c1-7-4-9(14)10(5-8(7)13)20(17,18)16-6-12(2,3)11(15)19/h4-5,16H,6H2,1-3H3,(H2,15,19). The molecule has 4 nitrogen and oxygen atoms in total. The molecule has 0 fully saturated rings. The summed E-state index contributed by atoms with van der Waals surface area (Å²) in [6.45, 7) is 5.60. The number of nitrogens with one attached hydrogen (secondary N) is 1. The second kappa shape index (κ2) is 6.39. The normalized spacial score (nSPS) is 12.4. The first-order valence-electron chi connectivity index (χ1n) is 5.72. The van der Waals surface area contributed by atoms with Crippen LogP contribution < -0.4 is 10.5 Å². The summed E-state index contributed by atoms with van der Waals surface area (Å²) in [5.74, 6) is 0. The molecule has 3 N–H and O–H groups in total. The Morgan fingerprint density at radius 1 is 1.35 bits per heavy atom. The zero-order valence-electron chi connectivity index (χ0n) is 11.3. The number of aryl methyl sites for hydroxylation is 1. The van der Waals surface area contributed by atoms with Crippen LogP contribution in [0.4, 0.5) is 0 Å². The molecular formula is C12H16Br2N2O2S2. The molecule has 1 aromatic carbocycles. The van der Waals surface area contributed by atoms with Gasteiger partial charge in [-0.1, -0.05) is 42.0 Å². The van der Waals surface area contributed by atoms with Crippen LogP contribution in [0.15, 0.2) is 26.0 Å². The molecule has 0 heterocycles. The molecule has 0 unspecified atom stereocenters. The second-order valence-corrected chi connectivity index (χ2v) is 8.99. The lowest BCUT2D eigenvalue weighted by Crippen LogP contribution is -2.41. The van der Waals surface area contributed by atoms with Crippen molar-refractivity contribution in [2.24, 2.45) is 11.1 Å². The molecule has 0 amide bonds. The highest BCUT2D eigenvalue weighted by molar-refractivity contribution is 9.11. The molecule has 0 aliphatic carbocycles. The summed E-state index contributed by atoms with van der Waals surface area (Å²) >= 11 is 11.5. The molecule has 0 saturated carbocycles. The Kier molecular flexibility index (Phi) is 5.76. The van der Waals surface area contributed by atoms with Crippen LogP contribution in [0.3, 0.4) is 0 Å². The summed E-state index contributed by atoms with van der Waals surface area (Å²) in [6.07, 6.45) is 0. The fourth-order valence-corrected chi connectivity index (χ4v) is 4.23. The van der Waals surface area contributed by atoms with Gasteiger partial charge in [0.15, 0.2) is 0 Å². The molecule has 20 heavy (non-hydrogen) atoms. The summed E-state index contributed by atoms with van der Waals surface area (Å²) in [5.41, 5.74) is 5.95. The van der Waals surface area contributed by atoms with Gasteiger partial charge in [-0.15, -0.1) is 0 Å². The number of hydrogen-bond acceptors (Lipinski definition) is 3. The largest absolute Gasteiger partial charge is 0.393 e. The highest BCUT2D eigenvalue weighted by Crippen LogP contribution is 2.29. The van der Waals surface area contributed by atoms with Crippen molar-refractivity contribution in [3.05, 3.63) is 26.6 Å². The van der Waals surface area contributed by atoms with Crippen LogP contribution in [-0.4, -0.2) is 20.0 Å². The van der Waals surface area contributed by atoms with E-state index in [4.69, 9.17) is 18.0 Å². The minimum Gasteiger partial charge on any atom is -0.393 e. The third-order valence-corrected chi connectivity index (χ3v) is 6.64. The van der Waals surface area contributed by atoms with E-state index < -0.39 is 15.4 Å². The third-order valence-electron chi connectivity index (χ3n) is 2.87. The zero-order valence-corrected chi connectivity index (χ0v) is 16.1. The molecule has 0 atom stereocenters. The molecule has 8 heteroatoms. The molecule has 1 aromatic rings. The molecule has 0 aromatic heterocycles. The molecule has 0 saturated heterocycles. The van der Waals surface area contributed by atoms with Crippen LogP contribution in [0, 0.1) is 12.3 Å². The van der Waals surface area contributed by atoms with Crippen molar-refractivity contribution in [2.75, 3.05) is 6.54 Å². The van der Waals surface area contributed by atoms with Gasteiger partial charge in [0.2, 0.25) is 10.0 Å². The minimum atomic E-state index is -3.64. The quantitative estimate of drug-likeness (QED) is 0.685. The highest BCUT2D eigenvalue weighted by Gasteiger charge is 2.26. The number of sulfonamides is 1. The predicted octanol–water partition coefficient (Wildman–Crippen LogP) is 3.11. The van der Waals surface area contributed by atoms with Gasteiger partial charge in [-0.05, 0) is 40.5 Å². The lowest BCUT2D eigenvalue weighted by molar-refractivity contribution is 0.501. The average molecular weight is 444 g/mol. The molecule has 112 valence electrons. The van der Waals surface area contributed by atoms with Gasteiger partial charge in [0.05, 0.1) is 9.88 Å². The summed E-state index contributed by atoms with van der Waals surface area (Å²) in [7, 11) is -3.64. The van der Waals surface area contributed by atoms with Gasteiger partial charge in [0, 0.05) is 20.9 Å². The summed E-state index contributed by atoms with van der Waals surface area (Å²) in [4.78, 5) is 0.443. The van der Waals surface area contributed by atoms with Gasteiger partial charge in [-0.3, -0.25) is 0 Å². The van der Waals surface area contributed by atoms with E-state index >= 15 is 0 Å².